The monoisotopic (exact) mass is 449 g/mol. The molecule has 2 amide bonds. The number of ether oxygens (including phenoxy) is 2. The Morgan fingerprint density at radius 1 is 1.10 bits per heavy atom. The number of fused-ring (bicyclic) bond motifs is 1. The molecule has 170 valence electrons. The molecule has 3 rings (SSSR count). The third-order valence-electron chi connectivity index (χ3n) is 5.60. The Bertz CT molecular complexity index is 935. The maximum absolute atomic E-state index is 13.3. The van der Waals surface area contributed by atoms with Gasteiger partial charge in [-0.15, -0.1) is 11.3 Å². The Labute approximate surface area is 186 Å². The van der Waals surface area contributed by atoms with E-state index >= 15 is 0 Å². The molecule has 1 aliphatic heterocycles. The number of hydrogen-bond acceptors (Lipinski definition) is 8. The Balaban J connectivity index is 1.72. The fourth-order valence-electron chi connectivity index (χ4n) is 3.81. The first-order valence-corrected chi connectivity index (χ1v) is 11.4. The third kappa shape index (κ3) is 4.97. The molecule has 0 radical (unpaired) electrons. The van der Waals surface area contributed by atoms with Crippen LogP contribution in [0.4, 0.5) is 0 Å². The maximum Gasteiger partial charge on any atom is 0.264 e. The summed E-state index contributed by atoms with van der Waals surface area (Å²) in [4.78, 5) is 41.8. The molecule has 0 bridgehead atoms. The Hall–Kier alpha value is -2.30. The highest BCUT2D eigenvalue weighted by Crippen LogP contribution is 2.35. The quantitative estimate of drug-likeness (QED) is 0.607. The maximum atomic E-state index is 13.3. The second-order valence-electron chi connectivity index (χ2n) is 7.45. The van der Waals surface area contributed by atoms with E-state index in [1.54, 1.807) is 14.2 Å². The van der Waals surface area contributed by atoms with Crippen molar-refractivity contribution in [2.45, 2.75) is 27.4 Å². The predicted octanol–water partition coefficient (Wildman–Crippen LogP) is 1.78. The second-order valence-corrected chi connectivity index (χ2v) is 8.45. The molecule has 3 heterocycles. The largest absolute Gasteiger partial charge is 0.480 e. The molecule has 9 nitrogen and oxygen atoms in total. The van der Waals surface area contributed by atoms with Gasteiger partial charge in [-0.1, -0.05) is 0 Å². The number of likely N-dealkylation sites (N-methyl/N-ethyl adjacent to an activating group) is 1. The highest BCUT2D eigenvalue weighted by atomic mass is 32.1. The van der Waals surface area contributed by atoms with Gasteiger partial charge in [0, 0.05) is 46.4 Å². The molecule has 10 heteroatoms. The van der Waals surface area contributed by atoms with Crippen molar-refractivity contribution in [2.75, 3.05) is 60.0 Å². The van der Waals surface area contributed by atoms with Gasteiger partial charge in [0.25, 0.3) is 5.91 Å². The van der Waals surface area contributed by atoms with Crippen LogP contribution in [0.2, 0.25) is 0 Å². The lowest BCUT2D eigenvalue weighted by atomic mass is 10.2. The van der Waals surface area contributed by atoms with Crippen molar-refractivity contribution < 1.29 is 19.1 Å². The van der Waals surface area contributed by atoms with Gasteiger partial charge in [0.2, 0.25) is 11.8 Å². The number of nitrogens with zero attached hydrogens (tertiary/aromatic N) is 5. The summed E-state index contributed by atoms with van der Waals surface area (Å²) in [6, 6.07) is 0. The van der Waals surface area contributed by atoms with Gasteiger partial charge in [-0.2, -0.15) is 4.98 Å². The number of methoxy groups -OCH3 is 2. The molecule has 0 aromatic carbocycles. The number of carbonyl (C=O) groups is 2. The fraction of sp³-hybridized carbons (Fsp3) is 0.619. The van der Waals surface area contributed by atoms with Crippen molar-refractivity contribution in [1.29, 1.82) is 0 Å². The van der Waals surface area contributed by atoms with Crippen LogP contribution < -0.4 is 4.74 Å². The van der Waals surface area contributed by atoms with Gasteiger partial charge < -0.3 is 19.3 Å². The average molecular weight is 450 g/mol. The summed E-state index contributed by atoms with van der Waals surface area (Å²) < 4.78 is 10.6. The van der Waals surface area contributed by atoms with E-state index in [0.717, 1.165) is 28.9 Å². The summed E-state index contributed by atoms with van der Waals surface area (Å²) >= 11 is 1.36. The smallest absolute Gasteiger partial charge is 0.264 e. The Morgan fingerprint density at radius 2 is 1.77 bits per heavy atom. The van der Waals surface area contributed by atoms with Crippen LogP contribution in [-0.4, -0.2) is 96.5 Å². The molecule has 2 aromatic rings. The van der Waals surface area contributed by atoms with E-state index in [9.17, 15) is 9.59 Å². The van der Waals surface area contributed by atoms with E-state index < -0.39 is 0 Å². The number of hydrogen-bond donors (Lipinski definition) is 0. The van der Waals surface area contributed by atoms with Crippen LogP contribution in [0.15, 0.2) is 0 Å². The van der Waals surface area contributed by atoms with Gasteiger partial charge in [0.15, 0.2) is 5.82 Å². The summed E-state index contributed by atoms with van der Waals surface area (Å²) in [5, 5.41) is 0.777. The van der Waals surface area contributed by atoms with E-state index in [-0.39, 0.29) is 18.4 Å². The van der Waals surface area contributed by atoms with E-state index in [1.807, 2.05) is 30.6 Å². The lowest BCUT2D eigenvalue weighted by molar-refractivity contribution is -0.132. The van der Waals surface area contributed by atoms with Gasteiger partial charge in [0.1, 0.15) is 11.4 Å². The van der Waals surface area contributed by atoms with Gasteiger partial charge in [0.05, 0.1) is 23.9 Å². The number of thiophene rings is 1. The van der Waals surface area contributed by atoms with Gasteiger partial charge in [-0.25, -0.2) is 4.98 Å². The highest BCUT2D eigenvalue weighted by molar-refractivity contribution is 7.20. The van der Waals surface area contributed by atoms with Crippen molar-refractivity contribution in [2.24, 2.45) is 0 Å². The number of carbonyl (C=O) groups excluding carboxylic acids is 2. The van der Waals surface area contributed by atoms with Crippen LogP contribution in [-0.2, 0) is 16.1 Å². The summed E-state index contributed by atoms with van der Waals surface area (Å²) in [6.07, 6.45) is 0. The zero-order valence-corrected chi connectivity index (χ0v) is 19.8. The van der Waals surface area contributed by atoms with E-state index in [1.165, 1.54) is 11.3 Å². The number of aryl methyl sites for hydroxylation is 1. The van der Waals surface area contributed by atoms with Gasteiger partial charge in [-0.05, 0) is 26.3 Å². The van der Waals surface area contributed by atoms with Crippen LogP contribution in [0.5, 0.6) is 5.88 Å². The van der Waals surface area contributed by atoms with Crippen LogP contribution in [0.3, 0.4) is 0 Å². The third-order valence-corrected chi connectivity index (χ3v) is 6.77. The van der Waals surface area contributed by atoms with Gasteiger partial charge >= 0.3 is 0 Å². The molecular formula is C21H31N5O4S. The number of amides is 2. The van der Waals surface area contributed by atoms with E-state index in [2.05, 4.69) is 14.9 Å². The van der Waals surface area contributed by atoms with Crippen LogP contribution in [0, 0.1) is 6.92 Å². The molecule has 0 spiro atoms. The molecule has 0 unspecified atom stereocenters. The lowest BCUT2D eigenvalue weighted by Crippen LogP contribution is -2.51. The summed E-state index contributed by atoms with van der Waals surface area (Å²) in [5.41, 5.74) is 0.838. The molecular weight excluding hydrogens is 418 g/mol. The average Bonchev–Trinajstić information content (AvgIpc) is 3.10. The summed E-state index contributed by atoms with van der Waals surface area (Å²) in [5.74, 6) is 1.12. The van der Waals surface area contributed by atoms with E-state index in [0.29, 0.717) is 49.3 Å². The lowest BCUT2D eigenvalue weighted by Gasteiger charge is -2.35. The Morgan fingerprint density at radius 3 is 2.35 bits per heavy atom. The second kappa shape index (κ2) is 10.3. The number of piperazine rings is 1. The molecule has 0 aliphatic carbocycles. The topological polar surface area (TPSA) is 88.1 Å². The zero-order valence-electron chi connectivity index (χ0n) is 18.9. The normalized spacial score (nSPS) is 14.8. The van der Waals surface area contributed by atoms with Crippen molar-refractivity contribution in [3.63, 3.8) is 0 Å². The Kier molecular flexibility index (Phi) is 7.79. The SMILES string of the molecule is CCN(CC)C(=O)CN1CCN(C(=O)c2sc3nc(COC)nc(OC)c3c2C)CC1. The predicted molar refractivity (Wildman–Crippen MR) is 120 cm³/mol. The molecule has 31 heavy (non-hydrogen) atoms. The summed E-state index contributed by atoms with van der Waals surface area (Å²) in [6.45, 7) is 10.6. The molecule has 1 saturated heterocycles. The van der Waals surface area contributed by atoms with Crippen molar-refractivity contribution in [3.05, 3.63) is 16.3 Å². The minimum atomic E-state index is -0.00874. The van der Waals surface area contributed by atoms with Gasteiger partial charge in [-0.3, -0.25) is 14.5 Å². The number of aromatic nitrogens is 2. The first-order chi connectivity index (χ1) is 14.9. The first kappa shape index (κ1) is 23.4. The molecule has 1 fully saturated rings. The van der Waals surface area contributed by atoms with E-state index in [4.69, 9.17) is 9.47 Å². The fourth-order valence-corrected chi connectivity index (χ4v) is 4.97. The number of rotatable bonds is 8. The molecule has 1 aliphatic rings. The van der Waals surface area contributed by atoms with Crippen molar-refractivity contribution in [3.8, 4) is 5.88 Å². The summed E-state index contributed by atoms with van der Waals surface area (Å²) in [7, 11) is 3.15. The zero-order chi connectivity index (χ0) is 22.5. The van der Waals surface area contributed by atoms with Crippen LogP contribution in [0.1, 0.15) is 34.9 Å². The van der Waals surface area contributed by atoms with Crippen molar-refractivity contribution >= 4 is 33.4 Å². The standard InChI is InChI=1S/C21H31N5O4S/c1-6-25(7-2)16(27)12-24-8-10-26(11-9-24)21(28)18-14(3)17-19(30-5)22-15(13-29-4)23-20(17)31-18/h6-13H2,1-5H3. The minimum Gasteiger partial charge on any atom is -0.480 e. The highest BCUT2D eigenvalue weighted by Gasteiger charge is 2.28. The molecule has 0 atom stereocenters. The molecule has 2 aromatic heterocycles. The first-order valence-electron chi connectivity index (χ1n) is 10.6. The molecule has 0 saturated carbocycles. The molecule has 0 N–H and O–H groups in total. The van der Waals surface area contributed by atoms with Crippen LogP contribution >= 0.6 is 11.3 Å². The van der Waals surface area contributed by atoms with Crippen molar-refractivity contribution in [1.82, 2.24) is 24.7 Å². The van der Waals surface area contributed by atoms with Crippen LogP contribution in [0.25, 0.3) is 10.2 Å². The minimum absolute atomic E-state index is 0.00874.